The van der Waals surface area contributed by atoms with E-state index in [2.05, 4.69) is 10.0 Å². The highest BCUT2D eigenvalue weighted by Gasteiger charge is 2.20. The van der Waals surface area contributed by atoms with Crippen LogP contribution in [-0.4, -0.2) is 27.5 Å². The molecule has 0 bridgehead atoms. The maximum Gasteiger partial charge on any atom is 0.263 e. The molecule has 0 aromatic heterocycles. The van der Waals surface area contributed by atoms with Gasteiger partial charge < -0.3 is 10.1 Å². The Balaban J connectivity index is 1.40. The second kappa shape index (κ2) is 10.2. The van der Waals surface area contributed by atoms with Crippen molar-refractivity contribution in [3.05, 3.63) is 101 Å². The van der Waals surface area contributed by atoms with Crippen LogP contribution in [0, 0.1) is 6.92 Å². The molecular formula is C26H23ClN2O4S. The van der Waals surface area contributed by atoms with Crippen molar-refractivity contribution in [3.63, 3.8) is 0 Å². The topological polar surface area (TPSA) is 84.5 Å². The Labute approximate surface area is 203 Å². The van der Waals surface area contributed by atoms with Crippen LogP contribution >= 0.6 is 11.6 Å². The first-order valence-electron chi connectivity index (χ1n) is 10.6. The molecule has 0 saturated heterocycles. The summed E-state index contributed by atoms with van der Waals surface area (Å²) in [4.78, 5) is 12.5. The summed E-state index contributed by atoms with van der Waals surface area (Å²) >= 11 is 6.15. The van der Waals surface area contributed by atoms with Gasteiger partial charge in [-0.05, 0) is 48.7 Å². The van der Waals surface area contributed by atoms with E-state index in [0.717, 1.165) is 22.1 Å². The van der Waals surface area contributed by atoms with Crippen LogP contribution in [0.4, 0.5) is 5.69 Å². The number of benzene rings is 4. The van der Waals surface area contributed by atoms with Gasteiger partial charge in [-0.15, -0.1) is 0 Å². The molecule has 174 valence electrons. The first-order chi connectivity index (χ1) is 16.3. The van der Waals surface area contributed by atoms with E-state index in [4.69, 9.17) is 16.3 Å². The van der Waals surface area contributed by atoms with Gasteiger partial charge in [-0.2, -0.15) is 0 Å². The fraction of sp³-hybridized carbons (Fsp3) is 0.115. The number of carbonyl (C=O) groups excluding carboxylic acids is 1. The van der Waals surface area contributed by atoms with Crippen molar-refractivity contribution in [2.24, 2.45) is 0 Å². The predicted molar refractivity (Wildman–Crippen MR) is 135 cm³/mol. The minimum absolute atomic E-state index is 0.0236. The van der Waals surface area contributed by atoms with Crippen molar-refractivity contribution in [3.8, 4) is 5.75 Å². The van der Waals surface area contributed by atoms with Gasteiger partial charge >= 0.3 is 0 Å². The van der Waals surface area contributed by atoms with Crippen molar-refractivity contribution in [1.82, 2.24) is 5.32 Å². The van der Waals surface area contributed by atoms with Gasteiger partial charge in [0.1, 0.15) is 17.3 Å². The summed E-state index contributed by atoms with van der Waals surface area (Å²) in [5, 5.41) is 4.83. The van der Waals surface area contributed by atoms with Crippen molar-refractivity contribution in [2.45, 2.75) is 11.8 Å². The van der Waals surface area contributed by atoms with Crippen LogP contribution in [0.15, 0.2) is 89.8 Å². The van der Waals surface area contributed by atoms with E-state index in [0.29, 0.717) is 5.69 Å². The zero-order valence-corrected chi connectivity index (χ0v) is 20.0. The van der Waals surface area contributed by atoms with Gasteiger partial charge in [-0.25, -0.2) is 8.42 Å². The summed E-state index contributed by atoms with van der Waals surface area (Å²) in [5.41, 5.74) is 1.59. The molecule has 4 aromatic carbocycles. The van der Waals surface area contributed by atoms with E-state index in [9.17, 15) is 13.2 Å². The molecule has 0 atom stereocenters. The second-order valence-electron chi connectivity index (χ2n) is 7.70. The molecule has 0 unspecified atom stereocenters. The van der Waals surface area contributed by atoms with Crippen molar-refractivity contribution in [1.29, 1.82) is 0 Å². The molecule has 0 radical (unpaired) electrons. The Morgan fingerprint density at radius 3 is 2.47 bits per heavy atom. The second-order valence-corrected chi connectivity index (χ2v) is 9.76. The minimum atomic E-state index is -3.98. The van der Waals surface area contributed by atoms with Gasteiger partial charge in [0.2, 0.25) is 0 Å². The highest BCUT2D eigenvalue weighted by molar-refractivity contribution is 7.92. The molecule has 0 saturated carbocycles. The third kappa shape index (κ3) is 5.50. The Hall–Kier alpha value is -3.55. The Morgan fingerprint density at radius 1 is 0.941 bits per heavy atom. The average molecular weight is 495 g/mol. The molecular weight excluding hydrogens is 472 g/mol. The van der Waals surface area contributed by atoms with E-state index < -0.39 is 15.9 Å². The van der Waals surface area contributed by atoms with Crippen LogP contribution in [0.25, 0.3) is 10.8 Å². The van der Waals surface area contributed by atoms with E-state index in [-0.39, 0.29) is 28.6 Å². The standard InChI is InChI=1S/C26H23ClN2O4S/c1-18-9-12-21(13-10-18)29-34(31,32)25-17-20(11-14-23(25)27)26(30)28-15-16-33-24-8-4-6-19-5-2-3-7-22(19)24/h2-14,17,29H,15-16H2,1H3,(H,28,30). The molecule has 0 spiro atoms. The Morgan fingerprint density at radius 2 is 1.68 bits per heavy atom. The molecule has 8 heteroatoms. The first kappa shape index (κ1) is 23.6. The number of halogens is 1. The summed E-state index contributed by atoms with van der Waals surface area (Å²) in [5.74, 6) is 0.305. The van der Waals surface area contributed by atoms with Crippen LogP contribution in [0.3, 0.4) is 0 Å². The van der Waals surface area contributed by atoms with E-state index in [1.165, 1.54) is 18.2 Å². The summed E-state index contributed by atoms with van der Waals surface area (Å²) in [6.45, 7) is 2.41. The molecule has 4 rings (SSSR count). The van der Waals surface area contributed by atoms with Gasteiger partial charge in [0.05, 0.1) is 11.6 Å². The number of fused-ring (bicyclic) bond motifs is 1. The van der Waals surface area contributed by atoms with E-state index >= 15 is 0 Å². The summed E-state index contributed by atoms with van der Waals surface area (Å²) in [6.07, 6.45) is 0. The lowest BCUT2D eigenvalue weighted by Gasteiger charge is -2.12. The number of hydrogen-bond acceptors (Lipinski definition) is 4. The fourth-order valence-electron chi connectivity index (χ4n) is 3.43. The number of amides is 1. The zero-order chi connectivity index (χ0) is 24.1. The van der Waals surface area contributed by atoms with E-state index in [1.807, 2.05) is 49.4 Å². The van der Waals surface area contributed by atoms with Crippen molar-refractivity contribution in [2.75, 3.05) is 17.9 Å². The molecule has 6 nitrogen and oxygen atoms in total. The minimum Gasteiger partial charge on any atom is -0.491 e. The Kier molecular flexibility index (Phi) is 7.05. The number of anilines is 1. The SMILES string of the molecule is Cc1ccc(NS(=O)(=O)c2cc(C(=O)NCCOc3cccc4ccccc34)ccc2Cl)cc1. The van der Waals surface area contributed by atoms with Crippen molar-refractivity contribution >= 4 is 44.0 Å². The number of sulfonamides is 1. The number of hydrogen-bond donors (Lipinski definition) is 2. The molecule has 34 heavy (non-hydrogen) atoms. The number of nitrogens with one attached hydrogen (secondary N) is 2. The summed E-state index contributed by atoms with van der Waals surface area (Å²) in [6, 6.07) is 24.7. The molecule has 0 aliphatic carbocycles. The number of ether oxygens (including phenoxy) is 1. The molecule has 0 aliphatic rings. The summed E-state index contributed by atoms with van der Waals surface area (Å²) in [7, 11) is -3.98. The molecule has 4 aromatic rings. The number of carbonyl (C=O) groups is 1. The maximum atomic E-state index is 12.9. The van der Waals surface area contributed by atoms with Crippen LogP contribution in [0.5, 0.6) is 5.75 Å². The number of rotatable bonds is 8. The third-order valence-electron chi connectivity index (χ3n) is 5.18. The average Bonchev–Trinajstić information content (AvgIpc) is 2.83. The van der Waals surface area contributed by atoms with Gasteiger partial charge in [-0.3, -0.25) is 9.52 Å². The van der Waals surface area contributed by atoms with Gasteiger partial charge in [0.15, 0.2) is 0 Å². The highest BCUT2D eigenvalue weighted by atomic mass is 35.5. The first-order valence-corrected chi connectivity index (χ1v) is 12.5. The van der Waals surface area contributed by atoms with Crippen LogP contribution < -0.4 is 14.8 Å². The highest BCUT2D eigenvalue weighted by Crippen LogP contribution is 2.26. The maximum absolute atomic E-state index is 12.9. The quantitative estimate of drug-likeness (QED) is 0.321. The van der Waals surface area contributed by atoms with Crippen LogP contribution in [-0.2, 0) is 10.0 Å². The smallest absolute Gasteiger partial charge is 0.263 e. The molecule has 0 fully saturated rings. The number of aryl methyl sites for hydroxylation is 1. The zero-order valence-electron chi connectivity index (χ0n) is 18.4. The van der Waals surface area contributed by atoms with Crippen molar-refractivity contribution < 1.29 is 17.9 Å². The largest absolute Gasteiger partial charge is 0.491 e. The van der Waals surface area contributed by atoms with E-state index in [1.54, 1.807) is 24.3 Å². The lowest BCUT2D eigenvalue weighted by Crippen LogP contribution is -2.28. The van der Waals surface area contributed by atoms with Gasteiger partial charge in [-0.1, -0.05) is 65.7 Å². The monoisotopic (exact) mass is 494 g/mol. The molecule has 0 heterocycles. The van der Waals surface area contributed by atoms with Crippen LogP contribution in [0.1, 0.15) is 15.9 Å². The lowest BCUT2D eigenvalue weighted by molar-refractivity contribution is 0.0947. The predicted octanol–water partition coefficient (Wildman–Crippen LogP) is 5.41. The summed E-state index contributed by atoms with van der Waals surface area (Å²) < 4.78 is 34.0. The molecule has 0 aliphatic heterocycles. The van der Waals surface area contributed by atoms with Crippen LogP contribution in [0.2, 0.25) is 5.02 Å². The van der Waals surface area contributed by atoms with Gasteiger partial charge in [0.25, 0.3) is 15.9 Å². The lowest BCUT2D eigenvalue weighted by atomic mass is 10.1. The fourth-order valence-corrected chi connectivity index (χ4v) is 5.02. The molecule has 2 N–H and O–H groups in total. The Bertz CT molecular complexity index is 1430. The normalized spacial score (nSPS) is 11.2. The third-order valence-corrected chi connectivity index (χ3v) is 7.04. The van der Waals surface area contributed by atoms with Gasteiger partial charge in [0, 0.05) is 16.6 Å². The molecule has 1 amide bonds.